The molecule has 0 atom stereocenters. The van der Waals surface area contributed by atoms with E-state index in [4.69, 9.17) is 8.83 Å². The largest absolute Gasteiger partial charge is 0.423 e. The van der Waals surface area contributed by atoms with Crippen molar-refractivity contribution < 1.29 is 17.6 Å². The summed E-state index contributed by atoms with van der Waals surface area (Å²) in [4.78, 5) is 3.95. The molecular formula is C15H8F2N4O2. The van der Waals surface area contributed by atoms with Crippen molar-refractivity contribution >= 4 is 23.1 Å². The smallest absolute Gasteiger partial charge is 0.323 e. The number of hydrogen-bond donors (Lipinski definition) is 1. The summed E-state index contributed by atoms with van der Waals surface area (Å²) in [6.45, 7) is 0. The number of anilines is 2. The van der Waals surface area contributed by atoms with Crippen LogP contribution < -0.4 is 5.32 Å². The lowest BCUT2D eigenvalue weighted by atomic mass is 10.2. The van der Waals surface area contributed by atoms with Crippen LogP contribution in [0.25, 0.3) is 22.6 Å². The van der Waals surface area contributed by atoms with E-state index >= 15 is 0 Å². The molecule has 4 aromatic rings. The SMILES string of the molecule is Fc1ccccc1-c1nnc(Nc2nc3c(F)cccc3o2)o1. The molecule has 2 heterocycles. The third-order valence-electron chi connectivity index (χ3n) is 3.11. The van der Waals surface area contributed by atoms with Crippen molar-refractivity contribution in [2.45, 2.75) is 0 Å². The van der Waals surface area contributed by atoms with Crippen LogP contribution in [0.4, 0.5) is 20.8 Å². The molecule has 0 fully saturated rings. The molecule has 8 heteroatoms. The lowest BCUT2D eigenvalue weighted by molar-refractivity contribution is 0.562. The third kappa shape index (κ3) is 2.39. The molecule has 0 saturated carbocycles. The van der Waals surface area contributed by atoms with E-state index in [1.54, 1.807) is 18.2 Å². The number of oxazole rings is 1. The molecular weight excluding hydrogens is 306 g/mol. The predicted molar refractivity (Wildman–Crippen MR) is 76.9 cm³/mol. The number of aromatic nitrogens is 3. The Hall–Kier alpha value is -3.29. The van der Waals surface area contributed by atoms with Crippen LogP contribution in [0.15, 0.2) is 51.3 Å². The molecule has 0 radical (unpaired) electrons. The third-order valence-corrected chi connectivity index (χ3v) is 3.11. The highest BCUT2D eigenvalue weighted by Gasteiger charge is 2.15. The van der Waals surface area contributed by atoms with Gasteiger partial charge in [0, 0.05) is 0 Å². The molecule has 2 aromatic heterocycles. The van der Waals surface area contributed by atoms with Crippen LogP contribution in [0, 0.1) is 11.6 Å². The van der Waals surface area contributed by atoms with Gasteiger partial charge in [0.1, 0.15) is 11.3 Å². The van der Waals surface area contributed by atoms with E-state index in [-0.39, 0.29) is 34.6 Å². The Bertz CT molecular complexity index is 996. The first kappa shape index (κ1) is 13.4. The van der Waals surface area contributed by atoms with Gasteiger partial charge in [0.2, 0.25) is 0 Å². The number of halogens is 2. The van der Waals surface area contributed by atoms with Gasteiger partial charge in [0.15, 0.2) is 11.4 Å². The minimum absolute atomic E-state index is 0.00571. The molecule has 114 valence electrons. The summed E-state index contributed by atoms with van der Waals surface area (Å²) < 4.78 is 37.9. The van der Waals surface area contributed by atoms with Crippen molar-refractivity contribution in [3.63, 3.8) is 0 Å². The van der Waals surface area contributed by atoms with E-state index in [0.717, 1.165) is 0 Å². The molecule has 0 saturated heterocycles. The molecule has 0 spiro atoms. The van der Waals surface area contributed by atoms with E-state index in [2.05, 4.69) is 20.5 Å². The number of fused-ring (bicyclic) bond motifs is 1. The van der Waals surface area contributed by atoms with Gasteiger partial charge in [0.05, 0.1) is 5.56 Å². The van der Waals surface area contributed by atoms with E-state index in [1.165, 1.54) is 24.3 Å². The fourth-order valence-electron chi connectivity index (χ4n) is 2.08. The first-order valence-corrected chi connectivity index (χ1v) is 6.61. The molecule has 4 rings (SSSR count). The van der Waals surface area contributed by atoms with Crippen LogP contribution >= 0.6 is 0 Å². The van der Waals surface area contributed by atoms with Crippen LogP contribution in [0.3, 0.4) is 0 Å². The zero-order chi connectivity index (χ0) is 15.8. The molecule has 0 bridgehead atoms. The average molecular weight is 314 g/mol. The van der Waals surface area contributed by atoms with Crippen molar-refractivity contribution in [3.8, 4) is 11.5 Å². The Balaban J connectivity index is 1.64. The minimum atomic E-state index is -0.503. The highest BCUT2D eigenvalue weighted by Crippen LogP contribution is 2.26. The topological polar surface area (TPSA) is 77.0 Å². The van der Waals surface area contributed by atoms with Gasteiger partial charge in [-0.05, 0) is 24.3 Å². The highest BCUT2D eigenvalue weighted by atomic mass is 19.1. The summed E-state index contributed by atoms with van der Waals surface area (Å²) in [6.07, 6.45) is 0. The molecule has 0 aliphatic carbocycles. The van der Waals surface area contributed by atoms with E-state index in [1.807, 2.05) is 0 Å². The summed E-state index contributed by atoms with van der Waals surface area (Å²) in [6, 6.07) is 10.3. The lowest BCUT2D eigenvalue weighted by Gasteiger charge is -1.96. The zero-order valence-corrected chi connectivity index (χ0v) is 11.5. The van der Waals surface area contributed by atoms with Gasteiger partial charge >= 0.3 is 12.0 Å². The van der Waals surface area contributed by atoms with Gasteiger partial charge < -0.3 is 8.83 Å². The fraction of sp³-hybridized carbons (Fsp3) is 0. The number of benzene rings is 2. The van der Waals surface area contributed by atoms with Crippen molar-refractivity contribution in [2.75, 3.05) is 5.32 Å². The normalized spacial score (nSPS) is 11.0. The highest BCUT2D eigenvalue weighted by molar-refractivity contribution is 5.75. The first-order chi connectivity index (χ1) is 11.2. The van der Waals surface area contributed by atoms with Crippen LogP contribution in [0.1, 0.15) is 0 Å². The monoisotopic (exact) mass is 314 g/mol. The second-order valence-electron chi connectivity index (χ2n) is 4.62. The standard InChI is InChI=1S/C15H8F2N4O2/c16-9-5-2-1-4-8(9)13-20-21-15(23-13)19-14-18-12-10(17)6-3-7-11(12)22-14/h1-7H,(H,18,19,21). The number of nitrogens with one attached hydrogen (secondary N) is 1. The van der Waals surface area contributed by atoms with E-state index < -0.39 is 11.6 Å². The number of nitrogens with zero attached hydrogens (tertiary/aromatic N) is 3. The van der Waals surface area contributed by atoms with Gasteiger partial charge in [-0.1, -0.05) is 23.3 Å². The Morgan fingerprint density at radius 2 is 1.65 bits per heavy atom. The predicted octanol–water partition coefficient (Wildman–Crippen LogP) is 3.90. The van der Waals surface area contributed by atoms with Crippen LogP contribution in [-0.4, -0.2) is 15.2 Å². The molecule has 0 unspecified atom stereocenters. The van der Waals surface area contributed by atoms with Gasteiger partial charge in [-0.3, -0.25) is 5.32 Å². The molecule has 1 N–H and O–H groups in total. The molecule has 6 nitrogen and oxygen atoms in total. The summed E-state index contributed by atoms with van der Waals surface area (Å²) in [5.41, 5.74) is 0.543. The second-order valence-corrected chi connectivity index (χ2v) is 4.62. The first-order valence-electron chi connectivity index (χ1n) is 6.61. The fourth-order valence-corrected chi connectivity index (χ4v) is 2.08. The van der Waals surface area contributed by atoms with Gasteiger partial charge in [-0.2, -0.15) is 4.98 Å². The Morgan fingerprint density at radius 3 is 2.48 bits per heavy atom. The molecule has 0 aliphatic rings. The quantitative estimate of drug-likeness (QED) is 0.618. The van der Waals surface area contributed by atoms with Crippen LogP contribution in [-0.2, 0) is 0 Å². The van der Waals surface area contributed by atoms with Crippen LogP contribution in [0.5, 0.6) is 0 Å². The zero-order valence-electron chi connectivity index (χ0n) is 11.5. The number of hydrogen-bond acceptors (Lipinski definition) is 6. The van der Waals surface area contributed by atoms with Crippen molar-refractivity contribution in [1.82, 2.24) is 15.2 Å². The maximum Gasteiger partial charge on any atom is 0.323 e. The van der Waals surface area contributed by atoms with Crippen molar-refractivity contribution in [3.05, 3.63) is 54.1 Å². The van der Waals surface area contributed by atoms with Crippen molar-refractivity contribution in [1.29, 1.82) is 0 Å². The van der Waals surface area contributed by atoms with Crippen LogP contribution in [0.2, 0.25) is 0 Å². The average Bonchev–Trinajstić information content (AvgIpc) is 3.16. The minimum Gasteiger partial charge on any atom is -0.423 e. The maximum atomic E-state index is 13.7. The van der Waals surface area contributed by atoms with E-state index in [0.29, 0.717) is 0 Å². The lowest BCUT2D eigenvalue weighted by Crippen LogP contribution is -1.90. The molecule has 0 amide bonds. The Labute approximate surface area is 127 Å². The molecule has 2 aromatic carbocycles. The van der Waals surface area contributed by atoms with Gasteiger partial charge in [-0.15, -0.1) is 5.10 Å². The Morgan fingerprint density at radius 1 is 0.826 bits per heavy atom. The summed E-state index contributed by atoms with van der Waals surface area (Å²) >= 11 is 0. The van der Waals surface area contributed by atoms with Crippen molar-refractivity contribution in [2.24, 2.45) is 0 Å². The Kier molecular flexibility index (Phi) is 3.00. The number of para-hydroxylation sites is 1. The van der Waals surface area contributed by atoms with Gasteiger partial charge in [-0.25, -0.2) is 8.78 Å². The van der Waals surface area contributed by atoms with E-state index in [9.17, 15) is 8.78 Å². The van der Waals surface area contributed by atoms with Gasteiger partial charge in [0.25, 0.3) is 5.89 Å². The molecule has 0 aliphatic heterocycles. The molecule has 23 heavy (non-hydrogen) atoms. The second kappa shape index (κ2) is 5.16. The maximum absolute atomic E-state index is 13.7. The summed E-state index contributed by atoms with van der Waals surface area (Å²) in [5, 5.41) is 10.1. The summed E-state index contributed by atoms with van der Waals surface area (Å²) in [7, 11) is 0. The summed E-state index contributed by atoms with van der Waals surface area (Å²) in [5.74, 6) is -0.976. The number of rotatable bonds is 3.